The Morgan fingerprint density at radius 3 is 2.65 bits per heavy atom. The number of hydrogen-bond donors (Lipinski definition) is 0. The van der Waals surface area contributed by atoms with Gasteiger partial charge in [0.15, 0.2) is 0 Å². The highest BCUT2D eigenvalue weighted by atomic mass is 16.6. The van der Waals surface area contributed by atoms with Gasteiger partial charge in [-0.3, -0.25) is 0 Å². The van der Waals surface area contributed by atoms with Crippen molar-refractivity contribution < 1.29 is 19.0 Å². The van der Waals surface area contributed by atoms with Gasteiger partial charge >= 0.3 is 5.97 Å². The third-order valence-corrected chi connectivity index (χ3v) is 5.29. The van der Waals surface area contributed by atoms with Crippen molar-refractivity contribution >= 4 is 5.97 Å². The number of pyridine rings is 1. The van der Waals surface area contributed by atoms with E-state index >= 15 is 0 Å². The zero-order chi connectivity index (χ0) is 16.3. The van der Waals surface area contributed by atoms with E-state index in [9.17, 15) is 4.79 Å². The van der Waals surface area contributed by atoms with Crippen LogP contribution >= 0.6 is 0 Å². The Morgan fingerprint density at radius 2 is 2.04 bits per heavy atom. The third-order valence-electron chi connectivity index (χ3n) is 5.29. The lowest BCUT2D eigenvalue weighted by Crippen LogP contribution is -2.60. The molecule has 0 unspecified atom stereocenters. The van der Waals surface area contributed by atoms with Gasteiger partial charge in [-0.05, 0) is 25.8 Å². The van der Waals surface area contributed by atoms with Crippen LogP contribution in [-0.4, -0.2) is 36.9 Å². The maximum Gasteiger partial charge on any atom is 0.340 e. The minimum Gasteiger partial charge on any atom is -0.481 e. The summed E-state index contributed by atoms with van der Waals surface area (Å²) in [5.41, 5.74) is 0.501. The average Bonchev–Trinajstić information content (AvgIpc) is 2.61. The van der Waals surface area contributed by atoms with Crippen LogP contribution in [0, 0.1) is 5.41 Å². The van der Waals surface area contributed by atoms with Crippen molar-refractivity contribution in [1.82, 2.24) is 4.98 Å². The summed E-state index contributed by atoms with van der Waals surface area (Å²) < 4.78 is 16.7. The zero-order valence-electron chi connectivity index (χ0n) is 13.9. The number of carbonyl (C=O) groups is 1. The van der Waals surface area contributed by atoms with Crippen LogP contribution in [0.2, 0.25) is 0 Å². The van der Waals surface area contributed by atoms with E-state index in [1.165, 1.54) is 25.5 Å². The molecule has 5 nitrogen and oxygen atoms in total. The fourth-order valence-electron chi connectivity index (χ4n) is 3.98. The SMILES string of the molecule is CCO[C@H]1C[C@H](OC(=O)c2ccc(OC)nc2)C12CCCCC2. The van der Waals surface area contributed by atoms with E-state index < -0.39 is 0 Å². The molecule has 1 aromatic heterocycles. The monoisotopic (exact) mass is 319 g/mol. The van der Waals surface area contributed by atoms with Gasteiger partial charge in [0.2, 0.25) is 5.88 Å². The molecule has 0 bridgehead atoms. The smallest absolute Gasteiger partial charge is 0.340 e. The first-order valence-electron chi connectivity index (χ1n) is 8.52. The van der Waals surface area contributed by atoms with Crippen molar-refractivity contribution in [2.24, 2.45) is 5.41 Å². The van der Waals surface area contributed by atoms with Gasteiger partial charge in [-0.1, -0.05) is 19.3 Å². The second kappa shape index (κ2) is 6.87. The standard InChI is InChI=1S/C18H25NO4/c1-3-22-14-11-15(18(14)9-5-4-6-10-18)23-17(20)13-7-8-16(21-2)19-12-13/h7-8,12,14-15H,3-6,9-11H2,1-2H3/t14-,15-/m0/s1. The Hall–Kier alpha value is -1.62. The van der Waals surface area contributed by atoms with Crippen LogP contribution in [0.1, 0.15) is 55.8 Å². The second-order valence-corrected chi connectivity index (χ2v) is 6.46. The van der Waals surface area contributed by atoms with Crippen molar-refractivity contribution in [3.8, 4) is 5.88 Å². The molecule has 2 aliphatic carbocycles. The number of rotatable bonds is 5. The second-order valence-electron chi connectivity index (χ2n) is 6.46. The normalized spacial score (nSPS) is 25.7. The van der Waals surface area contributed by atoms with Gasteiger partial charge in [-0.25, -0.2) is 9.78 Å². The van der Waals surface area contributed by atoms with E-state index in [4.69, 9.17) is 14.2 Å². The molecule has 0 aliphatic heterocycles. The summed E-state index contributed by atoms with van der Waals surface area (Å²) in [5, 5.41) is 0. The fourth-order valence-corrected chi connectivity index (χ4v) is 3.98. The Morgan fingerprint density at radius 1 is 1.26 bits per heavy atom. The first-order valence-corrected chi connectivity index (χ1v) is 8.52. The third kappa shape index (κ3) is 3.07. The van der Waals surface area contributed by atoms with E-state index in [1.54, 1.807) is 19.2 Å². The Balaban J connectivity index is 1.67. The number of hydrogen-bond acceptors (Lipinski definition) is 5. The summed E-state index contributed by atoms with van der Waals surface area (Å²) in [6.07, 6.45) is 8.37. The molecule has 0 saturated heterocycles. The Kier molecular flexibility index (Phi) is 4.85. The molecule has 3 rings (SSSR count). The zero-order valence-corrected chi connectivity index (χ0v) is 13.9. The molecule has 1 heterocycles. The van der Waals surface area contributed by atoms with Crippen molar-refractivity contribution in [2.75, 3.05) is 13.7 Å². The molecule has 2 aliphatic rings. The van der Waals surface area contributed by atoms with E-state index in [0.717, 1.165) is 25.9 Å². The molecular formula is C18H25NO4. The largest absolute Gasteiger partial charge is 0.481 e. The highest BCUT2D eigenvalue weighted by Gasteiger charge is 2.57. The van der Waals surface area contributed by atoms with E-state index in [0.29, 0.717) is 11.4 Å². The van der Waals surface area contributed by atoms with Crippen molar-refractivity contribution in [2.45, 2.75) is 57.7 Å². The van der Waals surface area contributed by atoms with Crippen molar-refractivity contribution in [3.05, 3.63) is 23.9 Å². The van der Waals surface area contributed by atoms with Gasteiger partial charge < -0.3 is 14.2 Å². The summed E-state index contributed by atoms with van der Waals surface area (Å²) in [6, 6.07) is 3.37. The molecule has 2 saturated carbocycles. The van der Waals surface area contributed by atoms with Gasteiger partial charge in [-0.15, -0.1) is 0 Å². The molecule has 126 valence electrons. The van der Waals surface area contributed by atoms with Gasteiger partial charge in [0.25, 0.3) is 0 Å². The van der Waals surface area contributed by atoms with Gasteiger partial charge in [-0.2, -0.15) is 0 Å². The fraction of sp³-hybridized carbons (Fsp3) is 0.667. The molecule has 23 heavy (non-hydrogen) atoms. The molecule has 0 N–H and O–H groups in total. The minimum absolute atomic E-state index is 0.0316. The average molecular weight is 319 g/mol. The molecule has 0 amide bonds. The lowest BCUT2D eigenvalue weighted by Gasteiger charge is -2.56. The van der Waals surface area contributed by atoms with Crippen molar-refractivity contribution in [1.29, 1.82) is 0 Å². The number of methoxy groups -OCH3 is 1. The number of aromatic nitrogens is 1. The lowest BCUT2D eigenvalue weighted by atomic mass is 9.56. The van der Waals surface area contributed by atoms with Crippen LogP contribution in [0.4, 0.5) is 0 Å². The Labute approximate surface area is 137 Å². The quantitative estimate of drug-likeness (QED) is 0.779. The van der Waals surface area contributed by atoms with Gasteiger partial charge in [0.05, 0.1) is 18.8 Å². The van der Waals surface area contributed by atoms with Gasteiger partial charge in [0, 0.05) is 30.7 Å². The summed E-state index contributed by atoms with van der Waals surface area (Å²) in [6.45, 7) is 2.74. The van der Waals surface area contributed by atoms with Crippen LogP contribution in [0.3, 0.4) is 0 Å². The van der Waals surface area contributed by atoms with Crippen LogP contribution in [-0.2, 0) is 9.47 Å². The summed E-state index contributed by atoms with van der Waals surface area (Å²) in [7, 11) is 1.55. The van der Waals surface area contributed by atoms with Gasteiger partial charge in [0.1, 0.15) is 6.10 Å². The Bertz CT molecular complexity index is 536. The van der Waals surface area contributed by atoms with E-state index in [2.05, 4.69) is 4.98 Å². The summed E-state index contributed by atoms with van der Waals surface area (Å²) in [5.74, 6) is 0.190. The first kappa shape index (κ1) is 16.2. The number of nitrogens with zero attached hydrogens (tertiary/aromatic N) is 1. The van der Waals surface area contributed by atoms with E-state index in [-0.39, 0.29) is 23.6 Å². The molecule has 5 heteroatoms. The van der Waals surface area contributed by atoms with Crippen LogP contribution in [0.5, 0.6) is 5.88 Å². The summed E-state index contributed by atoms with van der Waals surface area (Å²) >= 11 is 0. The number of ether oxygens (including phenoxy) is 3. The predicted molar refractivity (Wildman–Crippen MR) is 85.5 cm³/mol. The molecule has 2 fully saturated rings. The number of carbonyl (C=O) groups excluding carboxylic acids is 1. The number of esters is 1. The van der Waals surface area contributed by atoms with Crippen LogP contribution in [0.15, 0.2) is 18.3 Å². The van der Waals surface area contributed by atoms with E-state index in [1.807, 2.05) is 6.92 Å². The van der Waals surface area contributed by atoms with Crippen LogP contribution in [0.25, 0.3) is 0 Å². The molecule has 1 aromatic rings. The maximum absolute atomic E-state index is 12.4. The van der Waals surface area contributed by atoms with Crippen molar-refractivity contribution in [3.63, 3.8) is 0 Å². The summed E-state index contributed by atoms with van der Waals surface area (Å²) in [4.78, 5) is 16.5. The minimum atomic E-state index is -0.301. The molecule has 2 atom stereocenters. The highest BCUT2D eigenvalue weighted by Crippen LogP contribution is 2.54. The molecule has 0 radical (unpaired) electrons. The molecule has 0 aromatic carbocycles. The first-order chi connectivity index (χ1) is 11.2. The molecule has 1 spiro atoms. The maximum atomic E-state index is 12.4. The molecular weight excluding hydrogens is 294 g/mol. The van der Waals surface area contributed by atoms with Crippen LogP contribution < -0.4 is 4.74 Å². The highest BCUT2D eigenvalue weighted by molar-refractivity contribution is 5.89. The lowest BCUT2D eigenvalue weighted by molar-refractivity contribution is -0.205. The predicted octanol–water partition coefficient (Wildman–Crippen LogP) is 3.37. The topological polar surface area (TPSA) is 57.7 Å².